The van der Waals surface area contributed by atoms with Crippen LogP contribution in [-0.2, 0) is 10.8 Å². The van der Waals surface area contributed by atoms with Crippen molar-refractivity contribution in [2.45, 2.75) is 4.90 Å². The predicted molar refractivity (Wildman–Crippen MR) is 66.3 cm³/mol. The van der Waals surface area contributed by atoms with E-state index in [1.807, 2.05) is 30.3 Å². The number of rotatable bonds is 2. The normalized spacial score (nSPS) is 12.0. The summed E-state index contributed by atoms with van der Waals surface area (Å²) in [6.07, 6.45) is 0. The maximum Gasteiger partial charge on any atom is 0.400 e. The van der Waals surface area contributed by atoms with E-state index in [4.69, 9.17) is 5.11 Å². The van der Waals surface area contributed by atoms with Crippen LogP contribution in [0.15, 0.2) is 59.5 Å². The molecule has 2 aromatic carbocycles. The highest BCUT2D eigenvalue weighted by Gasteiger charge is 2.16. The quantitative estimate of drug-likeness (QED) is 0.885. The molecule has 0 aliphatic carbocycles. The van der Waals surface area contributed by atoms with E-state index in [-0.39, 0.29) is 0 Å². The van der Waals surface area contributed by atoms with Crippen LogP contribution in [0.5, 0.6) is 0 Å². The summed E-state index contributed by atoms with van der Waals surface area (Å²) in [6, 6.07) is 16.1. The van der Waals surface area contributed by atoms with Gasteiger partial charge in [-0.05, 0) is 17.2 Å². The summed E-state index contributed by atoms with van der Waals surface area (Å²) < 4.78 is 11.7. The third-order valence-electron chi connectivity index (χ3n) is 2.33. The van der Waals surface area contributed by atoms with Gasteiger partial charge < -0.3 is 5.11 Å². The molecule has 86 valence electrons. The molecule has 1 unspecified atom stereocenters. The number of hydrogen-bond acceptors (Lipinski definition) is 2. The first-order chi connectivity index (χ1) is 8.20. The van der Waals surface area contributed by atoms with Crippen molar-refractivity contribution in [2.75, 3.05) is 0 Å². The Hall–Kier alpha value is -1.94. The molecule has 0 aliphatic rings. The van der Waals surface area contributed by atoms with Crippen molar-refractivity contribution in [3.63, 3.8) is 0 Å². The van der Waals surface area contributed by atoms with E-state index < -0.39 is 16.1 Å². The lowest BCUT2D eigenvalue weighted by Gasteiger charge is -2.06. The molecule has 0 fully saturated rings. The monoisotopic (exact) mass is 246 g/mol. The standard InChI is InChI=1S/C13H10O3S/c14-13(15)17(16)12-9-5-4-8-11(12)10-6-2-1-3-7-10/h1-9H,(H,14,15). The van der Waals surface area contributed by atoms with Crippen LogP contribution >= 0.6 is 0 Å². The van der Waals surface area contributed by atoms with Crippen LogP contribution < -0.4 is 0 Å². The summed E-state index contributed by atoms with van der Waals surface area (Å²) >= 11 is 0. The van der Waals surface area contributed by atoms with E-state index in [0.29, 0.717) is 10.5 Å². The Balaban J connectivity index is 2.56. The molecule has 17 heavy (non-hydrogen) atoms. The number of hydrogen-bond donors (Lipinski definition) is 1. The van der Waals surface area contributed by atoms with Crippen LogP contribution in [0.3, 0.4) is 0 Å². The first-order valence-corrected chi connectivity index (χ1v) is 6.14. The zero-order chi connectivity index (χ0) is 12.3. The largest absolute Gasteiger partial charge is 0.471 e. The molecule has 0 bridgehead atoms. The second-order valence-electron chi connectivity index (χ2n) is 3.40. The fraction of sp³-hybridized carbons (Fsp3) is 0. The minimum Gasteiger partial charge on any atom is -0.471 e. The van der Waals surface area contributed by atoms with Gasteiger partial charge in [0, 0.05) is 0 Å². The topological polar surface area (TPSA) is 54.4 Å². The molecule has 3 nitrogen and oxygen atoms in total. The third-order valence-corrected chi connectivity index (χ3v) is 3.40. The Labute approximate surface area is 101 Å². The second kappa shape index (κ2) is 4.93. The molecule has 0 spiro atoms. The van der Waals surface area contributed by atoms with E-state index in [9.17, 15) is 9.00 Å². The minimum atomic E-state index is -2.03. The van der Waals surface area contributed by atoms with Crippen molar-refractivity contribution < 1.29 is 14.1 Å². The fourth-order valence-electron chi connectivity index (χ4n) is 1.58. The van der Waals surface area contributed by atoms with Crippen molar-refractivity contribution in [1.29, 1.82) is 0 Å². The van der Waals surface area contributed by atoms with Gasteiger partial charge in [-0.25, -0.2) is 9.00 Å². The lowest BCUT2D eigenvalue weighted by Crippen LogP contribution is -2.04. The maximum atomic E-state index is 11.7. The third kappa shape index (κ3) is 2.42. The molecule has 1 atom stereocenters. The molecule has 1 N–H and O–H groups in total. The minimum absolute atomic E-state index is 0.325. The van der Waals surface area contributed by atoms with Gasteiger partial charge in [-0.15, -0.1) is 0 Å². The summed E-state index contributed by atoms with van der Waals surface area (Å²) in [5.41, 5.74) is 1.55. The van der Waals surface area contributed by atoms with E-state index in [1.165, 1.54) is 0 Å². The molecule has 0 heterocycles. The van der Waals surface area contributed by atoms with Crippen molar-refractivity contribution in [3.8, 4) is 11.1 Å². The lowest BCUT2D eigenvalue weighted by atomic mass is 10.1. The van der Waals surface area contributed by atoms with Crippen molar-refractivity contribution in [1.82, 2.24) is 0 Å². The van der Waals surface area contributed by atoms with E-state index in [2.05, 4.69) is 0 Å². The highest BCUT2D eigenvalue weighted by Crippen LogP contribution is 2.26. The summed E-state index contributed by atoms with van der Waals surface area (Å²) in [4.78, 5) is 11.1. The molecule has 0 aliphatic heterocycles. The van der Waals surface area contributed by atoms with Crippen LogP contribution in [0.4, 0.5) is 4.79 Å². The van der Waals surface area contributed by atoms with Crippen molar-refractivity contribution in [3.05, 3.63) is 54.6 Å². The summed E-state index contributed by atoms with van der Waals surface area (Å²) in [6.45, 7) is 0. The average molecular weight is 246 g/mol. The highest BCUT2D eigenvalue weighted by atomic mass is 32.2. The van der Waals surface area contributed by atoms with E-state index in [0.717, 1.165) is 5.56 Å². The summed E-state index contributed by atoms with van der Waals surface area (Å²) in [7, 11) is -2.03. The van der Waals surface area contributed by atoms with Crippen LogP contribution in [-0.4, -0.2) is 14.6 Å². The Morgan fingerprint density at radius 1 is 0.941 bits per heavy atom. The molecule has 2 rings (SSSR count). The Morgan fingerprint density at radius 2 is 1.53 bits per heavy atom. The van der Waals surface area contributed by atoms with Crippen LogP contribution in [0.2, 0.25) is 0 Å². The molecule has 0 aromatic heterocycles. The van der Waals surface area contributed by atoms with Gasteiger partial charge in [-0.1, -0.05) is 48.5 Å². The lowest BCUT2D eigenvalue weighted by molar-refractivity contribution is 0.221. The van der Waals surface area contributed by atoms with Crippen LogP contribution in [0, 0.1) is 0 Å². The Bertz CT molecular complexity index is 564. The average Bonchev–Trinajstić information content (AvgIpc) is 2.39. The van der Waals surface area contributed by atoms with Gasteiger partial charge in [-0.2, -0.15) is 0 Å². The second-order valence-corrected chi connectivity index (χ2v) is 4.72. The van der Waals surface area contributed by atoms with Gasteiger partial charge in [0.2, 0.25) is 0 Å². The van der Waals surface area contributed by atoms with Gasteiger partial charge in [-0.3, -0.25) is 0 Å². The number of carbonyl (C=O) groups is 1. The summed E-state index contributed by atoms with van der Waals surface area (Å²) in [5, 5.41) is 7.48. The predicted octanol–water partition coefficient (Wildman–Crippen LogP) is 3.14. The molecule has 0 saturated heterocycles. The zero-order valence-electron chi connectivity index (χ0n) is 8.87. The molecular weight excluding hydrogens is 236 g/mol. The van der Waals surface area contributed by atoms with Gasteiger partial charge in [0.05, 0.1) is 4.90 Å². The first kappa shape index (κ1) is 11.5. The highest BCUT2D eigenvalue weighted by molar-refractivity contribution is 7.99. The molecular formula is C13H10O3S. The van der Waals surface area contributed by atoms with Gasteiger partial charge >= 0.3 is 5.30 Å². The van der Waals surface area contributed by atoms with Crippen LogP contribution in [0.25, 0.3) is 11.1 Å². The van der Waals surface area contributed by atoms with Crippen molar-refractivity contribution in [2.24, 2.45) is 0 Å². The first-order valence-electron chi connectivity index (χ1n) is 4.99. The van der Waals surface area contributed by atoms with Gasteiger partial charge in [0.1, 0.15) is 0 Å². The summed E-state index contributed by atoms with van der Waals surface area (Å²) in [5.74, 6) is 0. The molecule has 4 heteroatoms. The number of benzene rings is 2. The van der Waals surface area contributed by atoms with Gasteiger partial charge in [0.25, 0.3) is 0 Å². The Morgan fingerprint density at radius 3 is 2.18 bits per heavy atom. The molecule has 0 saturated carbocycles. The fourth-order valence-corrected chi connectivity index (χ4v) is 2.35. The molecule has 0 amide bonds. The van der Waals surface area contributed by atoms with Gasteiger partial charge in [0.15, 0.2) is 10.8 Å². The SMILES string of the molecule is O=C(O)S(=O)c1ccccc1-c1ccccc1. The molecule has 2 aromatic rings. The van der Waals surface area contributed by atoms with Crippen LogP contribution in [0.1, 0.15) is 0 Å². The number of carboxylic acid groups (broad SMARTS) is 1. The van der Waals surface area contributed by atoms with Crippen molar-refractivity contribution >= 4 is 16.1 Å². The van der Waals surface area contributed by atoms with E-state index in [1.54, 1.807) is 24.3 Å². The van der Waals surface area contributed by atoms with E-state index >= 15 is 0 Å². The zero-order valence-corrected chi connectivity index (χ0v) is 9.68. The smallest absolute Gasteiger partial charge is 0.400 e. The molecule has 0 radical (unpaired) electrons. The maximum absolute atomic E-state index is 11.7. The Kier molecular flexibility index (Phi) is 3.35.